The first kappa shape index (κ1) is 15.3. The average molecular weight is 273 g/mol. The number of aliphatic hydroxyl groups is 1. The highest BCUT2D eigenvalue weighted by Gasteiger charge is 2.16. The van der Waals surface area contributed by atoms with Crippen LogP contribution in [-0.4, -0.2) is 29.9 Å². The lowest BCUT2D eigenvalue weighted by molar-refractivity contribution is -0.722. The van der Waals surface area contributed by atoms with E-state index in [0.717, 1.165) is 16.3 Å². The largest absolute Gasteiger partial charge is 0.491 e. The van der Waals surface area contributed by atoms with E-state index >= 15 is 0 Å². The molecule has 0 saturated heterocycles. The second kappa shape index (κ2) is 6.41. The van der Waals surface area contributed by atoms with E-state index in [2.05, 4.69) is 26.1 Å². The first-order valence-corrected chi connectivity index (χ1v) is 6.57. The Labute approximate surface area is 114 Å². The Morgan fingerprint density at radius 3 is 2.61 bits per heavy atom. The maximum absolute atomic E-state index is 9.82. The van der Waals surface area contributed by atoms with Gasteiger partial charge in [0.1, 0.15) is 25.0 Å². The van der Waals surface area contributed by atoms with Gasteiger partial charge in [0.25, 0.3) is 0 Å². The summed E-state index contributed by atoms with van der Waals surface area (Å²) in [5.41, 5.74) is 1.10. The van der Waals surface area contributed by atoms with Gasteiger partial charge in [-0.25, -0.2) is 0 Å². The Kier molecular flexibility index (Phi) is 5.45. The van der Waals surface area contributed by atoms with Gasteiger partial charge in [0, 0.05) is 5.02 Å². The normalized spacial score (nSPS) is 13.4. The topological polar surface area (TPSA) is 46.1 Å². The molecular formula is C14H23ClNO2+. The van der Waals surface area contributed by atoms with Gasteiger partial charge in [-0.15, -0.1) is 0 Å². The molecule has 3 N–H and O–H groups in total. The van der Waals surface area contributed by atoms with Gasteiger partial charge in [-0.2, -0.15) is 0 Å². The van der Waals surface area contributed by atoms with E-state index in [-0.39, 0.29) is 5.54 Å². The smallest absolute Gasteiger partial charge is 0.137 e. The molecule has 4 heteroatoms. The van der Waals surface area contributed by atoms with Crippen molar-refractivity contribution in [1.29, 1.82) is 0 Å². The third kappa shape index (κ3) is 5.71. The van der Waals surface area contributed by atoms with Crippen LogP contribution in [0.5, 0.6) is 5.75 Å². The second-order valence-corrected chi connectivity index (χ2v) is 6.09. The SMILES string of the molecule is Cc1cc(OCC(O)C[NH2+]C(C)(C)C)ccc1Cl. The molecule has 1 aromatic carbocycles. The summed E-state index contributed by atoms with van der Waals surface area (Å²) in [7, 11) is 0. The van der Waals surface area contributed by atoms with Gasteiger partial charge in [-0.3, -0.25) is 0 Å². The molecule has 0 fully saturated rings. The number of quaternary nitrogens is 1. The van der Waals surface area contributed by atoms with Gasteiger partial charge in [0.05, 0.1) is 5.54 Å². The van der Waals surface area contributed by atoms with Crippen molar-refractivity contribution in [2.24, 2.45) is 0 Å². The maximum Gasteiger partial charge on any atom is 0.137 e. The number of rotatable bonds is 5. The van der Waals surface area contributed by atoms with Crippen LogP contribution >= 0.6 is 11.6 Å². The monoisotopic (exact) mass is 272 g/mol. The molecule has 1 unspecified atom stereocenters. The molecule has 0 heterocycles. The van der Waals surface area contributed by atoms with Crippen LogP contribution in [0.2, 0.25) is 5.02 Å². The number of nitrogens with two attached hydrogens (primary N) is 1. The Bertz CT molecular complexity index is 388. The van der Waals surface area contributed by atoms with E-state index < -0.39 is 6.10 Å². The first-order valence-electron chi connectivity index (χ1n) is 6.19. The minimum absolute atomic E-state index is 0.123. The average Bonchev–Trinajstić information content (AvgIpc) is 2.27. The molecule has 0 aromatic heterocycles. The minimum Gasteiger partial charge on any atom is -0.491 e. The van der Waals surface area contributed by atoms with E-state index in [1.807, 2.05) is 19.1 Å². The summed E-state index contributed by atoms with van der Waals surface area (Å²) < 4.78 is 5.54. The van der Waals surface area contributed by atoms with Crippen molar-refractivity contribution in [3.8, 4) is 5.75 Å². The number of halogens is 1. The van der Waals surface area contributed by atoms with Gasteiger partial charge in [0.15, 0.2) is 0 Å². The summed E-state index contributed by atoms with van der Waals surface area (Å²) in [5.74, 6) is 0.742. The lowest BCUT2D eigenvalue weighted by Gasteiger charge is -2.19. The molecule has 0 aliphatic carbocycles. The summed E-state index contributed by atoms with van der Waals surface area (Å²) >= 11 is 5.93. The highest BCUT2D eigenvalue weighted by atomic mass is 35.5. The molecule has 102 valence electrons. The van der Waals surface area contributed by atoms with Crippen LogP contribution in [0.15, 0.2) is 18.2 Å². The van der Waals surface area contributed by atoms with Crippen LogP contribution < -0.4 is 10.1 Å². The molecule has 1 aromatic rings. The number of benzene rings is 1. The third-order valence-electron chi connectivity index (χ3n) is 2.57. The van der Waals surface area contributed by atoms with Crippen molar-refractivity contribution in [3.05, 3.63) is 28.8 Å². The van der Waals surface area contributed by atoms with Crippen molar-refractivity contribution in [2.45, 2.75) is 39.3 Å². The molecule has 0 bridgehead atoms. The summed E-state index contributed by atoms with van der Waals surface area (Å²) in [6, 6.07) is 5.50. The Morgan fingerprint density at radius 2 is 2.06 bits per heavy atom. The van der Waals surface area contributed by atoms with Crippen LogP contribution in [0.25, 0.3) is 0 Å². The molecule has 0 aliphatic heterocycles. The van der Waals surface area contributed by atoms with E-state index in [1.54, 1.807) is 6.07 Å². The summed E-state index contributed by atoms with van der Waals surface area (Å²) in [6.45, 7) is 9.21. The van der Waals surface area contributed by atoms with Crippen LogP contribution in [0.3, 0.4) is 0 Å². The number of aryl methyl sites for hydroxylation is 1. The lowest BCUT2D eigenvalue weighted by Crippen LogP contribution is -2.96. The quantitative estimate of drug-likeness (QED) is 0.858. The summed E-state index contributed by atoms with van der Waals surface area (Å²) in [4.78, 5) is 0. The maximum atomic E-state index is 9.82. The molecular weight excluding hydrogens is 250 g/mol. The fraction of sp³-hybridized carbons (Fsp3) is 0.571. The van der Waals surface area contributed by atoms with Gasteiger partial charge in [-0.1, -0.05) is 11.6 Å². The predicted octanol–water partition coefficient (Wildman–Crippen LogP) is 1.75. The number of hydrogen-bond donors (Lipinski definition) is 2. The Morgan fingerprint density at radius 1 is 1.39 bits per heavy atom. The van der Waals surface area contributed by atoms with Crippen molar-refractivity contribution < 1.29 is 15.2 Å². The molecule has 1 atom stereocenters. The van der Waals surface area contributed by atoms with Crippen LogP contribution in [-0.2, 0) is 0 Å². The number of aliphatic hydroxyl groups excluding tert-OH is 1. The predicted molar refractivity (Wildman–Crippen MR) is 74.2 cm³/mol. The molecule has 0 amide bonds. The van der Waals surface area contributed by atoms with E-state index in [1.165, 1.54) is 0 Å². The molecule has 1 rings (SSSR count). The van der Waals surface area contributed by atoms with Crippen LogP contribution in [0.4, 0.5) is 0 Å². The number of hydrogen-bond acceptors (Lipinski definition) is 2. The fourth-order valence-electron chi connectivity index (χ4n) is 1.46. The van der Waals surface area contributed by atoms with E-state index in [9.17, 15) is 5.11 Å². The number of ether oxygens (including phenoxy) is 1. The third-order valence-corrected chi connectivity index (χ3v) is 3.00. The standard InChI is InChI=1S/C14H22ClNO2/c1-10-7-12(5-6-13(10)15)18-9-11(17)8-16-14(2,3)4/h5-7,11,16-17H,8-9H2,1-4H3/p+1. The second-order valence-electron chi connectivity index (χ2n) is 5.68. The van der Waals surface area contributed by atoms with Crippen molar-refractivity contribution in [2.75, 3.05) is 13.2 Å². The zero-order valence-electron chi connectivity index (χ0n) is 11.5. The van der Waals surface area contributed by atoms with Gasteiger partial charge >= 0.3 is 0 Å². The van der Waals surface area contributed by atoms with E-state index in [4.69, 9.17) is 16.3 Å². The van der Waals surface area contributed by atoms with Gasteiger partial charge in [0.2, 0.25) is 0 Å². The zero-order valence-corrected chi connectivity index (χ0v) is 12.3. The van der Waals surface area contributed by atoms with Crippen molar-refractivity contribution in [3.63, 3.8) is 0 Å². The van der Waals surface area contributed by atoms with Gasteiger partial charge in [-0.05, 0) is 51.5 Å². The van der Waals surface area contributed by atoms with Crippen LogP contribution in [0, 0.1) is 6.92 Å². The molecule has 0 radical (unpaired) electrons. The molecule has 3 nitrogen and oxygen atoms in total. The Hall–Kier alpha value is -0.770. The van der Waals surface area contributed by atoms with Gasteiger partial charge < -0.3 is 15.2 Å². The van der Waals surface area contributed by atoms with Crippen molar-refractivity contribution in [1.82, 2.24) is 0 Å². The molecule has 0 spiro atoms. The van der Waals surface area contributed by atoms with Crippen molar-refractivity contribution >= 4 is 11.6 Å². The highest BCUT2D eigenvalue weighted by Crippen LogP contribution is 2.20. The first-order chi connectivity index (χ1) is 8.28. The summed E-state index contributed by atoms with van der Waals surface area (Å²) in [5, 5.41) is 12.6. The Balaban J connectivity index is 2.38. The molecule has 18 heavy (non-hydrogen) atoms. The summed E-state index contributed by atoms with van der Waals surface area (Å²) in [6.07, 6.45) is -0.472. The highest BCUT2D eigenvalue weighted by molar-refractivity contribution is 6.31. The molecule has 0 saturated carbocycles. The van der Waals surface area contributed by atoms with E-state index in [0.29, 0.717) is 13.2 Å². The van der Waals surface area contributed by atoms with Crippen LogP contribution in [0.1, 0.15) is 26.3 Å². The molecule has 0 aliphatic rings. The lowest BCUT2D eigenvalue weighted by atomic mass is 10.1. The fourth-order valence-corrected chi connectivity index (χ4v) is 1.57. The minimum atomic E-state index is -0.472. The zero-order chi connectivity index (χ0) is 13.8.